The molecule has 3 aromatic rings. The van der Waals surface area contributed by atoms with Crippen LogP contribution in [0, 0.1) is 0 Å². The van der Waals surface area contributed by atoms with Crippen LogP contribution in [0.3, 0.4) is 0 Å². The fourth-order valence-electron chi connectivity index (χ4n) is 3.03. The predicted molar refractivity (Wildman–Crippen MR) is 87.5 cm³/mol. The average molecular weight is 324 g/mol. The highest BCUT2D eigenvalue weighted by Gasteiger charge is 2.23. The maximum atomic E-state index is 11.7. The molecule has 0 aliphatic carbocycles. The topological polar surface area (TPSA) is 89.3 Å². The van der Waals surface area contributed by atoms with Crippen LogP contribution >= 0.6 is 0 Å². The Kier molecular flexibility index (Phi) is 3.42. The van der Waals surface area contributed by atoms with Crippen LogP contribution in [-0.4, -0.2) is 31.8 Å². The molecular weight excluding hydrogens is 308 g/mol. The summed E-state index contributed by atoms with van der Waals surface area (Å²) in [5.41, 5.74) is 2.39. The van der Waals surface area contributed by atoms with Crippen molar-refractivity contribution in [1.82, 2.24) is 19.9 Å². The van der Waals surface area contributed by atoms with Gasteiger partial charge in [-0.3, -0.25) is 0 Å². The normalized spacial score (nSPS) is 16.8. The lowest BCUT2D eigenvalue weighted by molar-refractivity contribution is 0.194. The summed E-state index contributed by atoms with van der Waals surface area (Å²) in [4.78, 5) is 20.2. The first kappa shape index (κ1) is 14.6. The second kappa shape index (κ2) is 5.61. The number of hydrogen-bond donors (Lipinski definition) is 2. The number of carboxylic acid groups (broad SMARTS) is 1. The van der Waals surface area contributed by atoms with Crippen molar-refractivity contribution in [3.63, 3.8) is 0 Å². The maximum absolute atomic E-state index is 11.7. The van der Waals surface area contributed by atoms with Crippen molar-refractivity contribution in [3.8, 4) is 11.8 Å². The van der Waals surface area contributed by atoms with Crippen molar-refractivity contribution < 1.29 is 14.6 Å². The first-order valence-corrected chi connectivity index (χ1v) is 7.71. The molecule has 0 saturated carbocycles. The fourth-order valence-corrected chi connectivity index (χ4v) is 3.03. The van der Waals surface area contributed by atoms with Crippen molar-refractivity contribution in [2.24, 2.45) is 0 Å². The zero-order valence-electron chi connectivity index (χ0n) is 13.1. The molecule has 1 atom stereocenters. The van der Waals surface area contributed by atoms with Gasteiger partial charge < -0.3 is 15.2 Å². The van der Waals surface area contributed by atoms with Crippen molar-refractivity contribution in [2.45, 2.75) is 25.9 Å². The zero-order valence-corrected chi connectivity index (χ0v) is 13.1. The van der Waals surface area contributed by atoms with Crippen LogP contribution in [-0.2, 0) is 13.0 Å². The molecule has 0 radical (unpaired) electrons. The number of aromatic nitrogens is 3. The Bertz CT molecular complexity index is 935. The van der Waals surface area contributed by atoms with Gasteiger partial charge in [0.2, 0.25) is 11.8 Å². The highest BCUT2D eigenvalue weighted by Crippen LogP contribution is 2.31. The quantitative estimate of drug-likeness (QED) is 0.753. The van der Waals surface area contributed by atoms with Crippen molar-refractivity contribution in [2.75, 3.05) is 0 Å². The zero-order chi connectivity index (χ0) is 16.7. The molecule has 4 rings (SSSR count). The number of hydrogen-bond acceptors (Lipinski definition) is 5. The SMILES string of the molecule is CC1Cc2c(ncnc2Oc2cc3ccccc3n2C(=O)O)CN1. The van der Waals surface area contributed by atoms with E-state index in [4.69, 9.17) is 4.74 Å². The summed E-state index contributed by atoms with van der Waals surface area (Å²) in [6, 6.07) is 9.25. The molecule has 7 heteroatoms. The van der Waals surface area contributed by atoms with Crippen molar-refractivity contribution in [1.29, 1.82) is 0 Å². The molecule has 1 aliphatic rings. The third kappa shape index (κ3) is 2.39. The van der Waals surface area contributed by atoms with Gasteiger partial charge in [-0.2, -0.15) is 0 Å². The fraction of sp³-hybridized carbons (Fsp3) is 0.235. The molecule has 2 N–H and O–H groups in total. The summed E-state index contributed by atoms with van der Waals surface area (Å²) in [6.07, 6.45) is 1.09. The van der Waals surface area contributed by atoms with E-state index in [0.717, 1.165) is 27.6 Å². The summed E-state index contributed by atoms with van der Waals surface area (Å²) >= 11 is 0. The number of benzene rings is 1. The minimum absolute atomic E-state index is 0.232. The lowest BCUT2D eigenvalue weighted by atomic mass is 10.0. The molecule has 2 aromatic heterocycles. The van der Waals surface area contributed by atoms with E-state index in [9.17, 15) is 9.90 Å². The molecule has 24 heavy (non-hydrogen) atoms. The standard InChI is InChI=1S/C17H16N4O3/c1-10-6-12-13(8-18-10)19-9-20-16(12)24-15-7-11-4-2-3-5-14(11)21(15)17(22)23/h2-5,7,9-10,18H,6,8H2,1H3,(H,22,23). The van der Waals surface area contributed by atoms with Crippen LogP contribution in [0.2, 0.25) is 0 Å². The van der Waals surface area contributed by atoms with E-state index >= 15 is 0 Å². The molecular formula is C17H16N4O3. The van der Waals surface area contributed by atoms with Gasteiger partial charge in [-0.15, -0.1) is 0 Å². The Balaban J connectivity index is 1.81. The van der Waals surface area contributed by atoms with E-state index in [0.29, 0.717) is 17.9 Å². The third-order valence-corrected chi connectivity index (χ3v) is 4.19. The van der Waals surface area contributed by atoms with E-state index in [2.05, 4.69) is 22.2 Å². The van der Waals surface area contributed by atoms with Crippen LogP contribution in [0.5, 0.6) is 11.8 Å². The molecule has 122 valence electrons. The van der Waals surface area contributed by atoms with Crippen molar-refractivity contribution in [3.05, 3.63) is 47.9 Å². The largest absolute Gasteiger partial charge is 0.464 e. The van der Waals surface area contributed by atoms with E-state index in [1.807, 2.05) is 12.1 Å². The van der Waals surface area contributed by atoms with E-state index in [1.54, 1.807) is 18.2 Å². The smallest absolute Gasteiger partial charge is 0.418 e. The minimum Gasteiger partial charge on any atom is -0.464 e. The number of carbonyl (C=O) groups is 1. The molecule has 0 amide bonds. The Hall–Kier alpha value is -2.93. The second-order valence-corrected chi connectivity index (χ2v) is 5.85. The molecule has 7 nitrogen and oxygen atoms in total. The van der Waals surface area contributed by atoms with Gasteiger partial charge in [-0.25, -0.2) is 19.3 Å². The molecule has 0 fully saturated rings. The van der Waals surface area contributed by atoms with Crippen LogP contribution in [0.25, 0.3) is 10.9 Å². The van der Waals surface area contributed by atoms with Crippen LogP contribution in [0.15, 0.2) is 36.7 Å². The number of ether oxygens (including phenoxy) is 1. The van der Waals surface area contributed by atoms with E-state index in [1.165, 1.54) is 6.33 Å². The summed E-state index contributed by atoms with van der Waals surface area (Å²) in [5, 5.41) is 13.7. The molecule has 3 heterocycles. The monoisotopic (exact) mass is 324 g/mol. The number of rotatable bonds is 2. The molecule has 1 aromatic carbocycles. The molecule has 0 spiro atoms. The van der Waals surface area contributed by atoms with Crippen LogP contribution in [0.1, 0.15) is 18.2 Å². The molecule has 0 bridgehead atoms. The first-order valence-electron chi connectivity index (χ1n) is 7.71. The minimum atomic E-state index is -1.09. The van der Waals surface area contributed by atoms with Gasteiger partial charge in [0.05, 0.1) is 11.2 Å². The van der Waals surface area contributed by atoms with Gasteiger partial charge in [0, 0.05) is 29.6 Å². The van der Waals surface area contributed by atoms with Gasteiger partial charge in [0.25, 0.3) is 0 Å². The van der Waals surface area contributed by atoms with Gasteiger partial charge in [-0.05, 0) is 19.4 Å². The summed E-state index contributed by atoms with van der Waals surface area (Å²) in [6.45, 7) is 2.73. The predicted octanol–water partition coefficient (Wildman–Crippen LogP) is 2.78. The molecule has 0 saturated heterocycles. The second-order valence-electron chi connectivity index (χ2n) is 5.85. The van der Waals surface area contributed by atoms with Crippen LogP contribution in [0.4, 0.5) is 4.79 Å². The third-order valence-electron chi connectivity index (χ3n) is 4.19. The summed E-state index contributed by atoms with van der Waals surface area (Å²) in [5.74, 6) is 0.648. The van der Waals surface area contributed by atoms with E-state index in [-0.39, 0.29) is 11.9 Å². The Morgan fingerprint density at radius 3 is 3.04 bits per heavy atom. The lowest BCUT2D eigenvalue weighted by Crippen LogP contribution is -2.33. The number of nitrogens with zero attached hydrogens (tertiary/aromatic N) is 3. The van der Waals surface area contributed by atoms with Gasteiger partial charge in [-0.1, -0.05) is 18.2 Å². The molecule has 1 aliphatic heterocycles. The number of fused-ring (bicyclic) bond motifs is 2. The van der Waals surface area contributed by atoms with Crippen LogP contribution < -0.4 is 10.1 Å². The van der Waals surface area contributed by atoms with Gasteiger partial charge in [0.15, 0.2) is 0 Å². The van der Waals surface area contributed by atoms with E-state index < -0.39 is 6.09 Å². The Labute approximate surface area is 137 Å². The number of para-hydroxylation sites is 1. The maximum Gasteiger partial charge on any atom is 0.418 e. The number of nitrogens with one attached hydrogen (secondary N) is 1. The molecule has 1 unspecified atom stereocenters. The highest BCUT2D eigenvalue weighted by atomic mass is 16.5. The summed E-state index contributed by atoms with van der Waals surface area (Å²) < 4.78 is 7.04. The Morgan fingerprint density at radius 2 is 2.21 bits per heavy atom. The summed E-state index contributed by atoms with van der Waals surface area (Å²) in [7, 11) is 0. The first-order chi connectivity index (χ1) is 11.6. The highest BCUT2D eigenvalue weighted by molar-refractivity contribution is 5.91. The van der Waals surface area contributed by atoms with Crippen molar-refractivity contribution >= 4 is 17.0 Å². The van der Waals surface area contributed by atoms with Gasteiger partial charge in [0.1, 0.15) is 6.33 Å². The van der Waals surface area contributed by atoms with Gasteiger partial charge >= 0.3 is 6.09 Å². The Morgan fingerprint density at radius 1 is 1.38 bits per heavy atom. The lowest BCUT2D eigenvalue weighted by Gasteiger charge is -2.23. The average Bonchev–Trinajstić information content (AvgIpc) is 2.93.